The van der Waals surface area contributed by atoms with Crippen LogP contribution < -0.4 is 14.8 Å². The van der Waals surface area contributed by atoms with Crippen molar-refractivity contribution in [2.75, 3.05) is 19.0 Å². The van der Waals surface area contributed by atoms with Gasteiger partial charge in [0.05, 0.1) is 25.0 Å². The van der Waals surface area contributed by atoms with Crippen molar-refractivity contribution in [1.82, 2.24) is 0 Å². The minimum Gasteiger partial charge on any atom is -0.493 e. The quantitative estimate of drug-likeness (QED) is 0.478. The van der Waals surface area contributed by atoms with Crippen LogP contribution >= 0.6 is 11.6 Å². The number of hydrogen-bond acceptors (Lipinski definition) is 5. The minimum atomic E-state index is -0.528. The fourth-order valence-electron chi connectivity index (χ4n) is 2.90. The summed E-state index contributed by atoms with van der Waals surface area (Å²) in [5.74, 6) is 0.378. The highest BCUT2D eigenvalue weighted by Crippen LogP contribution is 2.25. The zero-order chi connectivity index (χ0) is 22.2. The maximum Gasteiger partial charge on any atom is 0.339 e. The summed E-state index contributed by atoms with van der Waals surface area (Å²) in [7, 11) is 1.29. The normalized spacial score (nSPS) is 10.3. The molecule has 31 heavy (non-hydrogen) atoms. The van der Waals surface area contributed by atoms with Gasteiger partial charge in [0.25, 0.3) is 5.91 Å². The summed E-state index contributed by atoms with van der Waals surface area (Å²) in [4.78, 5) is 24.8. The Hall–Kier alpha value is -3.51. The smallest absolute Gasteiger partial charge is 0.339 e. The summed E-state index contributed by atoms with van der Waals surface area (Å²) in [6.07, 6.45) is 0. The second kappa shape index (κ2) is 10.5. The molecule has 3 aromatic rings. The second-order valence-corrected chi connectivity index (χ2v) is 6.93. The highest BCUT2D eigenvalue weighted by molar-refractivity contribution is 6.30. The lowest BCUT2D eigenvalue weighted by atomic mass is 10.1. The van der Waals surface area contributed by atoms with E-state index in [1.165, 1.54) is 7.11 Å². The molecule has 0 radical (unpaired) electrons. The maximum atomic E-state index is 12.9. The van der Waals surface area contributed by atoms with E-state index in [0.29, 0.717) is 39.9 Å². The summed E-state index contributed by atoms with van der Waals surface area (Å²) in [5, 5.41) is 3.38. The number of anilines is 1. The summed E-state index contributed by atoms with van der Waals surface area (Å²) in [6, 6.07) is 18.8. The predicted molar refractivity (Wildman–Crippen MR) is 119 cm³/mol. The lowest BCUT2D eigenvalue weighted by Crippen LogP contribution is -2.16. The fraction of sp³-hybridized carbons (Fsp3) is 0.167. The van der Waals surface area contributed by atoms with Gasteiger partial charge in [-0.05, 0) is 61.5 Å². The van der Waals surface area contributed by atoms with Crippen LogP contribution in [0.15, 0.2) is 66.7 Å². The van der Waals surface area contributed by atoms with Crippen molar-refractivity contribution in [3.05, 3.63) is 88.4 Å². The predicted octanol–water partition coefficient (Wildman–Crippen LogP) is 5.36. The highest BCUT2D eigenvalue weighted by atomic mass is 35.5. The van der Waals surface area contributed by atoms with E-state index >= 15 is 0 Å². The highest BCUT2D eigenvalue weighted by Gasteiger charge is 2.16. The van der Waals surface area contributed by atoms with Gasteiger partial charge < -0.3 is 19.5 Å². The number of para-hydroxylation sites is 1. The molecule has 0 spiro atoms. The molecule has 160 valence electrons. The van der Waals surface area contributed by atoms with E-state index in [-0.39, 0.29) is 18.1 Å². The Morgan fingerprint density at radius 3 is 2.42 bits per heavy atom. The van der Waals surface area contributed by atoms with Crippen LogP contribution in [0.4, 0.5) is 5.69 Å². The SMILES string of the molecule is CCOc1ccc(C(=O)Nc2ccccc2C(=O)OC)cc1COc1ccc(Cl)cc1. The molecule has 0 fully saturated rings. The molecular weight excluding hydrogens is 418 g/mol. The second-order valence-electron chi connectivity index (χ2n) is 6.49. The number of amides is 1. The number of carbonyl (C=O) groups is 2. The molecule has 0 aliphatic heterocycles. The molecule has 0 aromatic heterocycles. The van der Waals surface area contributed by atoms with Gasteiger partial charge in [0, 0.05) is 16.1 Å². The number of esters is 1. The van der Waals surface area contributed by atoms with E-state index in [1.807, 2.05) is 6.92 Å². The molecule has 0 aliphatic carbocycles. The summed E-state index contributed by atoms with van der Waals surface area (Å²) < 4.78 is 16.3. The fourth-order valence-corrected chi connectivity index (χ4v) is 3.02. The first-order valence-corrected chi connectivity index (χ1v) is 10.0. The van der Waals surface area contributed by atoms with E-state index < -0.39 is 5.97 Å². The molecule has 0 heterocycles. The number of nitrogens with one attached hydrogen (secondary N) is 1. The van der Waals surface area contributed by atoms with Crippen LogP contribution in [0.1, 0.15) is 33.2 Å². The van der Waals surface area contributed by atoms with Gasteiger partial charge in [-0.1, -0.05) is 23.7 Å². The molecule has 0 atom stereocenters. The van der Waals surface area contributed by atoms with Crippen LogP contribution in [-0.2, 0) is 11.3 Å². The molecule has 3 aromatic carbocycles. The molecule has 0 bridgehead atoms. The van der Waals surface area contributed by atoms with Crippen LogP contribution in [0.3, 0.4) is 0 Å². The molecule has 0 saturated carbocycles. The van der Waals surface area contributed by atoms with Crippen LogP contribution in [0, 0.1) is 0 Å². The average Bonchev–Trinajstić information content (AvgIpc) is 2.79. The number of halogens is 1. The molecule has 0 unspecified atom stereocenters. The van der Waals surface area contributed by atoms with Gasteiger partial charge in [-0.15, -0.1) is 0 Å². The first-order valence-electron chi connectivity index (χ1n) is 9.64. The van der Waals surface area contributed by atoms with Crippen LogP contribution in [0.25, 0.3) is 0 Å². The molecule has 1 N–H and O–H groups in total. The maximum absolute atomic E-state index is 12.9. The lowest BCUT2D eigenvalue weighted by molar-refractivity contribution is 0.0602. The van der Waals surface area contributed by atoms with E-state index in [4.69, 9.17) is 25.8 Å². The Labute approximate surface area is 185 Å². The molecule has 0 saturated heterocycles. The van der Waals surface area contributed by atoms with Gasteiger partial charge in [0.2, 0.25) is 0 Å². The molecular formula is C24H22ClNO5. The van der Waals surface area contributed by atoms with Crippen molar-refractivity contribution < 1.29 is 23.8 Å². The zero-order valence-electron chi connectivity index (χ0n) is 17.2. The van der Waals surface area contributed by atoms with Gasteiger partial charge in [-0.2, -0.15) is 0 Å². The number of ether oxygens (including phenoxy) is 3. The Bertz CT molecular complexity index is 1070. The minimum absolute atomic E-state index is 0.205. The van der Waals surface area contributed by atoms with E-state index in [2.05, 4.69) is 5.32 Å². The number of carbonyl (C=O) groups excluding carboxylic acids is 2. The van der Waals surface area contributed by atoms with Gasteiger partial charge in [-0.3, -0.25) is 4.79 Å². The first-order chi connectivity index (χ1) is 15.0. The van der Waals surface area contributed by atoms with Gasteiger partial charge in [0.1, 0.15) is 18.1 Å². The van der Waals surface area contributed by atoms with Crippen molar-refractivity contribution in [3.63, 3.8) is 0 Å². The number of methoxy groups -OCH3 is 1. The number of benzene rings is 3. The number of hydrogen-bond donors (Lipinski definition) is 1. The summed E-state index contributed by atoms with van der Waals surface area (Å²) >= 11 is 5.91. The Morgan fingerprint density at radius 1 is 0.968 bits per heavy atom. The van der Waals surface area contributed by atoms with Gasteiger partial charge in [-0.25, -0.2) is 4.79 Å². The average molecular weight is 440 g/mol. The van der Waals surface area contributed by atoms with Crippen LogP contribution in [0.5, 0.6) is 11.5 Å². The van der Waals surface area contributed by atoms with Gasteiger partial charge in [0.15, 0.2) is 0 Å². The molecule has 0 aliphatic rings. The van der Waals surface area contributed by atoms with Crippen molar-refractivity contribution in [2.45, 2.75) is 13.5 Å². The van der Waals surface area contributed by atoms with Crippen molar-refractivity contribution in [2.24, 2.45) is 0 Å². The summed E-state index contributed by atoms with van der Waals surface area (Å²) in [5.41, 5.74) is 1.76. The molecule has 7 heteroatoms. The Kier molecular flexibility index (Phi) is 7.51. The molecule has 6 nitrogen and oxygen atoms in total. The monoisotopic (exact) mass is 439 g/mol. The number of rotatable bonds is 8. The molecule has 3 rings (SSSR count). The standard InChI is InChI=1S/C24H22ClNO5/c1-3-30-22-13-8-16(14-17(22)15-31-19-11-9-18(25)10-12-19)23(27)26-21-7-5-4-6-20(21)24(28)29-2/h4-14H,3,15H2,1-2H3,(H,26,27). The summed E-state index contributed by atoms with van der Waals surface area (Å²) in [6.45, 7) is 2.57. The van der Waals surface area contributed by atoms with E-state index in [0.717, 1.165) is 0 Å². The third-order valence-electron chi connectivity index (χ3n) is 4.41. The third kappa shape index (κ3) is 5.77. The van der Waals surface area contributed by atoms with Crippen molar-refractivity contribution in [1.29, 1.82) is 0 Å². The van der Waals surface area contributed by atoms with Crippen LogP contribution in [-0.4, -0.2) is 25.6 Å². The largest absolute Gasteiger partial charge is 0.493 e. The lowest BCUT2D eigenvalue weighted by Gasteiger charge is -2.14. The Morgan fingerprint density at radius 2 is 1.71 bits per heavy atom. The van der Waals surface area contributed by atoms with E-state index in [9.17, 15) is 9.59 Å². The zero-order valence-corrected chi connectivity index (χ0v) is 17.9. The van der Waals surface area contributed by atoms with E-state index in [1.54, 1.807) is 66.7 Å². The van der Waals surface area contributed by atoms with Gasteiger partial charge >= 0.3 is 5.97 Å². The van der Waals surface area contributed by atoms with Crippen molar-refractivity contribution in [3.8, 4) is 11.5 Å². The van der Waals surface area contributed by atoms with Crippen molar-refractivity contribution >= 4 is 29.2 Å². The Balaban J connectivity index is 1.81. The first kappa shape index (κ1) is 22.2. The third-order valence-corrected chi connectivity index (χ3v) is 4.66. The molecule has 1 amide bonds. The van der Waals surface area contributed by atoms with Crippen LogP contribution in [0.2, 0.25) is 5.02 Å². The topological polar surface area (TPSA) is 73.9 Å².